The SMILES string of the molecule is Cc1cc(C)c(NCC2CC=CCC2)c(C)c1. The summed E-state index contributed by atoms with van der Waals surface area (Å²) in [5.74, 6) is 0.806. The van der Waals surface area contributed by atoms with Crippen LogP contribution in [0.4, 0.5) is 5.69 Å². The Bertz CT molecular complexity index is 395. The van der Waals surface area contributed by atoms with Gasteiger partial charge in [0.1, 0.15) is 0 Å². The van der Waals surface area contributed by atoms with E-state index in [1.165, 1.54) is 41.6 Å². The molecule has 1 N–H and O–H groups in total. The van der Waals surface area contributed by atoms with E-state index in [-0.39, 0.29) is 0 Å². The summed E-state index contributed by atoms with van der Waals surface area (Å²) in [6.45, 7) is 7.66. The topological polar surface area (TPSA) is 12.0 Å². The van der Waals surface area contributed by atoms with Gasteiger partial charge in [-0.3, -0.25) is 0 Å². The van der Waals surface area contributed by atoms with Crippen molar-refractivity contribution in [3.63, 3.8) is 0 Å². The fourth-order valence-corrected chi connectivity index (χ4v) is 2.75. The average molecular weight is 229 g/mol. The second-order valence-electron chi connectivity index (χ2n) is 5.31. The number of allylic oxidation sites excluding steroid dienone is 2. The second kappa shape index (κ2) is 5.39. The molecule has 1 heteroatoms. The number of rotatable bonds is 3. The molecule has 1 aromatic rings. The Morgan fingerprint density at radius 3 is 2.41 bits per heavy atom. The normalized spacial score (nSPS) is 19.4. The zero-order valence-corrected chi connectivity index (χ0v) is 11.2. The fourth-order valence-electron chi connectivity index (χ4n) is 2.75. The summed E-state index contributed by atoms with van der Waals surface area (Å²) in [5.41, 5.74) is 5.43. The summed E-state index contributed by atoms with van der Waals surface area (Å²) in [5, 5.41) is 3.64. The van der Waals surface area contributed by atoms with Gasteiger partial charge in [-0.25, -0.2) is 0 Å². The lowest BCUT2D eigenvalue weighted by Gasteiger charge is -2.21. The first-order valence-corrected chi connectivity index (χ1v) is 6.63. The minimum atomic E-state index is 0.806. The Kier molecular flexibility index (Phi) is 3.88. The summed E-state index contributed by atoms with van der Waals surface area (Å²) in [6.07, 6.45) is 8.44. The molecule has 0 aliphatic heterocycles. The predicted octanol–water partition coefficient (Wildman–Crippen LogP) is 4.38. The fraction of sp³-hybridized carbons (Fsp3) is 0.500. The highest BCUT2D eigenvalue weighted by Crippen LogP contribution is 2.24. The Morgan fingerprint density at radius 2 is 1.82 bits per heavy atom. The number of aryl methyl sites for hydroxylation is 3. The Morgan fingerprint density at radius 1 is 1.12 bits per heavy atom. The van der Waals surface area contributed by atoms with Crippen molar-refractivity contribution in [1.82, 2.24) is 0 Å². The molecular weight excluding hydrogens is 206 g/mol. The van der Waals surface area contributed by atoms with Gasteiger partial charge in [0.05, 0.1) is 0 Å². The van der Waals surface area contributed by atoms with Gasteiger partial charge >= 0.3 is 0 Å². The highest BCUT2D eigenvalue weighted by Gasteiger charge is 2.11. The number of hydrogen-bond donors (Lipinski definition) is 1. The van der Waals surface area contributed by atoms with Crippen molar-refractivity contribution in [2.45, 2.75) is 40.0 Å². The van der Waals surface area contributed by atoms with E-state index in [0.717, 1.165) is 12.5 Å². The highest BCUT2D eigenvalue weighted by molar-refractivity contribution is 5.58. The minimum Gasteiger partial charge on any atom is -0.384 e. The number of anilines is 1. The minimum absolute atomic E-state index is 0.806. The van der Waals surface area contributed by atoms with E-state index < -0.39 is 0 Å². The Labute approximate surface area is 105 Å². The molecular formula is C16H23N. The highest BCUT2D eigenvalue weighted by atomic mass is 14.9. The number of nitrogens with one attached hydrogen (secondary N) is 1. The van der Waals surface area contributed by atoms with Gasteiger partial charge in [0.25, 0.3) is 0 Å². The molecule has 0 aromatic heterocycles. The van der Waals surface area contributed by atoms with Crippen LogP contribution in [0.25, 0.3) is 0 Å². The first-order chi connectivity index (χ1) is 8.16. The summed E-state index contributed by atoms with van der Waals surface area (Å²) < 4.78 is 0. The zero-order valence-electron chi connectivity index (χ0n) is 11.2. The van der Waals surface area contributed by atoms with Crippen molar-refractivity contribution >= 4 is 5.69 Å². The number of hydrogen-bond acceptors (Lipinski definition) is 1. The first-order valence-electron chi connectivity index (χ1n) is 6.63. The smallest absolute Gasteiger partial charge is 0.0399 e. The van der Waals surface area contributed by atoms with Crippen molar-refractivity contribution in [2.24, 2.45) is 5.92 Å². The van der Waals surface area contributed by atoms with Crippen LogP contribution in [-0.4, -0.2) is 6.54 Å². The third kappa shape index (κ3) is 3.12. The summed E-state index contributed by atoms with van der Waals surface area (Å²) in [6, 6.07) is 4.52. The monoisotopic (exact) mass is 229 g/mol. The van der Waals surface area contributed by atoms with Gasteiger partial charge in [-0.1, -0.05) is 29.8 Å². The molecule has 17 heavy (non-hydrogen) atoms. The molecule has 0 fully saturated rings. The van der Waals surface area contributed by atoms with E-state index >= 15 is 0 Å². The van der Waals surface area contributed by atoms with Crippen LogP contribution in [0.1, 0.15) is 36.0 Å². The molecule has 0 amide bonds. The van der Waals surface area contributed by atoms with Crippen LogP contribution in [0, 0.1) is 26.7 Å². The molecule has 1 aliphatic rings. The van der Waals surface area contributed by atoms with Crippen molar-refractivity contribution < 1.29 is 0 Å². The average Bonchev–Trinajstić information content (AvgIpc) is 2.29. The van der Waals surface area contributed by atoms with Crippen LogP contribution >= 0.6 is 0 Å². The van der Waals surface area contributed by atoms with E-state index in [0.29, 0.717) is 0 Å². The summed E-state index contributed by atoms with van der Waals surface area (Å²) in [4.78, 5) is 0. The van der Waals surface area contributed by atoms with Crippen LogP contribution in [0.2, 0.25) is 0 Å². The molecule has 0 spiro atoms. The van der Waals surface area contributed by atoms with E-state index in [1.807, 2.05) is 0 Å². The standard InChI is InChI=1S/C16H23N/c1-12-9-13(2)16(14(3)10-12)17-11-15-7-5-4-6-8-15/h4-5,9-10,15,17H,6-8,11H2,1-3H3. The van der Waals surface area contributed by atoms with Gasteiger partial charge in [-0.15, -0.1) is 0 Å². The number of benzene rings is 1. The zero-order chi connectivity index (χ0) is 12.3. The predicted molar refractivity (Wildman–Crippen MR) is 75.6 cm³/mol. The molecule has 0 heterocycles. The molecule has 1 atom stereocenters. The maximum atomic E-state index is 3.64. The van der Waals surface area contributed by atoms with Crippen molar-refractivity contribution in [2.75, 3.05) is 11.9 Å². The lowest BCUT2D eigenvalue weighted by Crippen LogP contribution is -2.16. The van der Waals surface area contributed by atoms with Crippen molar-refractivity contribution in [1.29, 1.82) is 0 Å². The Balaban J connectivity index is 2.01. The lowest BCUT2D eigenvalue weighted by atomic mass is 9.94. The molecule has 1 nitrogen and oxygen atoms in total. The molecule has 2 rings (SSSR count). The van der Waals surface area contributed by atoms with Gasteiger partial charge in [-0.2, -0.15) is 0 Å². The largest absolute Gasteiger partial charge is 0.384 e. The molecule has 1 aliphatic carbocycles. The Hall–Kier alpha value is -1.24. The molecule has 0 radical (unpaired) electrons. The van der Waals surface area contributed by atoms with Crippen molar-refractivity contribution in [3.8, 4) is 0 Å². The van der Waals surface area contributed by atoms with E-state index in [1.54, 1.807) is 0 Å². The van der Waals surface area contributed by atoms with Gasteiger partial charge < -0.3 is 5.32 Å². The maximum absolute atomic E-state index is 3.64. The molecule has 92 valence electrons. The summed E-state index contributed by atoms with van der Waals surface area (Å²) in [7, 11) is 0. The molecule has 0 saturated heterocycles. The van der Waals surface area contributed by atoms with E-state index in [4.69, 9.17) is 0 Å². The molecule has 1 aromatic carbocycles. The van der Waals surface area contributed by atoms with E-state index in [2.05, 4.69) is 50.4 Å². The third-order valence-electron chi connectivity index (χ3n) is 3.62. The third-order valence-corrected chi connectivity index (χ3v) is 3.62. The quantitative estimate of drug-likeness (QED) is 0.758. The molecule has 0 saturated carbocycles. The van der Waals surface area contributed by atoms with E-state index in [9.17, 15) is 0 Å². The first kappa shape index (κ1) is 12.2. The van der Waals surface area contributed by atoms with Crippen molar-refractivity contribution in [3.05, 3.63) is 41.0 Å². The van der Waals surface area contributed by atoms with Crippen LogP contribution in [0.15, 0.2) is 24.3 Å². The van der Waals surface area contributed by atoms with Gasteiger partial charge in [0.15, 0.2) is 0 Å². The second-order valence-corrected chi connectivity index (χ2v) is 5.31. The van der Waals surface area contributed by atoms with Gasteiger partial charge in [0, 0.05) is 12.2 Å². The molecule has 0 bridgehead atoms. The summed E-state index contributed by atoms with van der Waals surface area (Å²) >= 11 is 0. The lowest BCUT2D eigenvalue weighted by molar-refractivity contribution is 0.504. The van der Waals surface area contributed by atoms with Crippen LogP contribution < -0.4 is 5.32 Å². The molecule has 1 unspecified atom stereocenters. The van der Waals surface area contributed by atoms with Crippen LogP contribution in [-0.2, 0) is 0 Å². The van der Waals surface area contributed by atoms with Gasteiger partial charge in [-0.05, 0) is 57.1 Å². The van der Waals surface area contributed by atoms with Gasteiger partial charge in [0.2, 0.25) is 0 Å². The maximum Gasteiger partial charge on any atom is 0.0399 e. The van der Waals surface area contributed by atoms with Crippen LogP contribution in [0.5, 0.6) is 0 Å². The van der Waals surface area contributed by atoms with Crippen LogP contribution in [0.3, 0.4) is 0 Å².